The highest BCUT2D eigenvalue weighted by atomic mass is 16.4. The molecule has 3 aromatic rings. The number of hydrogen-bond acceptors (Lipinski definition) is 6. The number of anilines is 3. The number of aromatic nitrogens is 3. The number of nitrogens with one attached hydrogen (secondary N) is 2. The fourth-order valence-corrected chi connectivity index (χ4v) is 3.64. The molecule has 1 amide bonds. The van der Waals surface area contributed by atoms with E-state index in [0.29, 0.717) is 5.69 Å². The summed E-state index contributed by atoms with van der Waals surface area (Å²) in [5.74, 6) is 0.725. The Kier molecular flexibility index (Phi) is 4.98. The average molecular weight is 381 g/mol. The average Bonchev–Trinajstić information content (AvgIpc) is 3.07. The molecule has 1 fully saturated rings. The molecule has 146 valence electrons. The van der Waals surface area contributed by atoms with Crippen molar-refractivity contribution >= 4 is 28.8 Å². The smallest absolute Gasteiger partial charge is 0.404 e. The standard InChI is InChI=1S/C19H23N7O2/c20-14-2-1-3-16(10-14)23-18-17-13(4-9-26(17)22-12-21-18)11-25-7-5-15(6-8-25)24-19(27)28/h1-4,9-10,12,15,24H,5-8,11,20H2,(H,27,28)(H,21,22,23). The van der Waals surface area contributed by atoms with Gasteiger partial charge in [-0.15, -0.1) is 0 Å². The van der Waals surface area contributed by atoms with E-state index in [1.54, 1.807) is 0 Å². The third-order valence-electron chi connectivity index (χ3n) is 5.00. The van der Waals surface area contributed by atoms with E-state index in [1.165, 1.54) is 6.33 Å². The summed E-state index contributed by atoms with van der Waals surface area (Å²) in [7, 11) is 0. The number of nitrogen functional groups attached to an aromatic ring is 1. The maximum atomic E-state index is 10.8. The lowest BCUT2D eigenvalue weighted by Gasteiger charge is -2.31. The lowest BCUT2D eigenvalue weighted by Crippen LogP contribution is -2.43. The van der Waals surface area contributed by atoms with Gasteiger partial charge < -0.3 is 21.5 Å². The van der Waals surface area contributed by atoms with Crippen LogP contribution in [0.4, 0.5) is 22.0 Å². The Morgan fingerprint density at radius 1 is 1.29 bits per heavy atom. The number of benzene rings is 1. The third-order valence-corrected chi connectivity index (χ3v) is 5.00. The molecule has 1 aliphatic heterocycles. The Hall–Kier alpha value is -3.33. The van der Waals surface area contributed by atoms with Crippen LogP contribution < -0.4 is 16.4 Å². The molecule has 9 nitrogen and oxygen atoms in total. The van der Waals surface area contributed by atoms with Crippen LogP contribution in [0.3, 0.4) is 0 Å². The topological polar surface area (TPSA) is 121 Å². The van der Waals surface area contributed by atoms with Crippen LogP contribution in [0.2, 0.25) is 0 Å². The van der Waals surface area contributed by atoms with Crippen LogP contribution in [0.25, 0.3) is 5.52 Å². The predicted molar refractivity (Wildman–Crippen MR) is 107 cm³/mol. The number of piperidine rings is 1. The van der Waals surface area contributed by atoms with E-state index in [9.17, 15) is 4.79 Å². The van der Waals surface area contributed by atoms with Gasteiger partial charge in [0.2, 0.25) is 0 Å². The molecule has 1 aromatic carbocycles. The Balaban J connectivity index is 1.51. The van der Waals surface area contributed by atoms with E-state index in [0.717, 1.165) is 55.1 Å². The Labute approximate surface area is 162 Å². The second kappa shape index (κ2) is 7.73. The molecule has 0 radical (unpaired) electrons. The van der Waals surface area contributed by atoms with Gasteiger partial charge in [0.25, 0.3) is 0 Å². The summed E-state index contributed by atoms with van der Waals surface area (Å²) in [6.45, 7) is 2.44. The van der Waals surface area contributed by atoms with Crippen molar-refractivity contribution in [1.29, 1.82) is 0 Å². The van der Waals surface area contributed by atoms with Gasteiger partial charge in [-0.05, 0) is 42.7 Å². The highest BCUT2D eigenvalue weighted by Crippen LogP contribution is 2.25. The summed E-state index contributed by atoms with van der Waals surface area (Å²) < 4.78 is 1.82. The lowest BCUT2D eigenvalue weighted by molar-refractivity contribution is 0.165. The van der Waals surface area contributed by atoms with Gasteiger partial charge in [-0.1, -0.05) is 6.07 Å². The van der Waals surface area contributed by atoms with Gasteiger partial charge in [0.05, 0.1) is 0 Å². The maximum Gasteiger partial charge on any atom is 0.404 e. The van der Waals surface area contributed by atoms with Gasteiger partial charge in [0.15, 0.2) is 5.82 Å². The van der Waals surface area contributed by atoms with Crippen LogP contribution in [0.15, 0.2) is 42.9 Å². The number of rotatable bonds is 5. The van der Waals surface area contributed by atoms with Gasteiger partial charge in [-0.25, -0.2) is 14.3 Å². The van der Waals surface area contributed by atoms with Crippen molar-refractivity contribution in [2.24, 2.45) is 0 Å². The molecule has 5 N–H and O–H groups in total. The highest BCUT2D eigenvalue weighted by Gasteiger charge is 2.22. The van der Waals surface area contributed by atoms with E-state index in [1.807, 2.05) is 35.0 Å². The molecule has 2 aromatic heterocycles. The van der Waals surface area contributed by atoms with E-state index >= 15 is 0 Å². The van der Waals surface area contributed by atoms with Crippen molar-refractivity contribution in [3.05, 3.63) is 48.4 Å². The highest BCUT2D eigenvalue weighted by molar-refractivity contribution is 5.77. The zero-order valence-electron chi connectivity index (χ0n) is 15.4. The second-order valence-corrected chi connectivity index (χ2v) is 6.99. The van der Waals surface area contributed by atoms with Crippen LogP contribution in [0.1, 0.15) is 18.4 Å². The van der Waals surface area contributed by atoms with E-state index in [2.05, 4.69) is 31.7 Å². The minimum Gasteiger partial charge on any atom is -0.465 e. The Morgan fingerprint density at radius 3 is 2.86 bits per heavy atom. The molecule has 0 bridgehead atoms. The fourth-order valence-electron chi connectivity index (χ4n) is 3.64. The van der Waals surface area contributed by atoms with E-state index in [-0.39, 0.29) is 6.04 Å². The first-order valence-electron chi connectivity index (χ1n) is 9.24. The fraction of sp³-hybridized carbons (Fsp3) is 0.316. The van der Waals surface area contributed by atoms with Crippen LogP contribution in [-0.2, 0) is 6.54 Å². The van der Waals surface area contributed by atoms with Crippen molar-refractivity contribution in [3.63, 3.8) is 0 Å². The van der Waals surface area contributed by atoms with E-state index < -0.39 is 6.09 Å². The summed E-state index contributed by atoms with van der Waals surface area (Å²) in [4.78, 5) is 17.6. The van der Waals surface area contributed by atoms with Gasteiger partial charge in [-0.2, -0.15) is 5.10 Å². The molecule has 9 heteroatoms. The quantitative estimate of drug-likeness (QED) is 0.500. The van der Waals surface area contributed by atoms with E-state index in [4.69, 9.17) is 10.8 Å². The van der Waals surface area contributed by atoms with Crippen LogP contribution in [-0.4, -0.2) is 49.8 Å². The monoisotopic (exact) mass is 381 g/mol. The van der Waals surface area contributed by atoms with Crippen molar-refractivity contribution in [2.75, 3.05) is 24.1 Å². The number of fused-ring (bicyclic) bond motifs is 1. The molecule has 0 saturated carbocycles. The minimum absolute atomic E-state index is 0.0311. The molecule has 0 atom stereocenters. The SMILES string of the molecule is Nc1cccc(Nc2ncnn3ccc(CN4CCC(NC(=O)O)CC4)c23)c1. The number of nitrogens with zero attached hydrogens (tertiary/aromatic N) is 4. The van der Waals surface area contributed by atoms with Crippen molar-refractivity contribution < 1.29 is 9.90 Å². The number of carboxylic acid groups (broad SMARTS) is 1. The van der Waals surface area contributed by atoms with Gasteiger partial charge in [0, 0.05) is 43.2 Å². The van der Waals surface area contributed by atoms with Crippen molar-refractivity contribution in [3.8, 4) is 0 Å². The first kappa shape index (κ1) is 18.1. The zero-order chi connectivity index (χ0) is 19.5. The molecule has 4 rings (SSSR count). The molecule has 1 saturated heterocycles. The number of amides is 1. The maximum absolute atomic E-state index is 10.8. The van der Waals surface area contributed by atoms with Gasteiger partial charge in [-0.3, -0.25) is 4.90 Å². The molecule has 0 spiro atoms. The molecule has 3 heterocycles. The first-order chi connectivity index (χ1) is 13.6. The molecule has 1 aliphatic rings. The number of hydrogen-bond donors (Lipinski definition) is 4. The Bertz CT molecular complexity index is 979. The first-order valence-corrected chi connectivity index (χ1v) is 9.24. The normalized spacial score (nSPS) is 15.6. The number of carbonyl (C=O) groups is 1. The second-order valence-electron chi connectivity index (χ2n) is 6.99. The largest absolute Gasteiger partial charge is 0.465 e. The van der Waals surface area contributed by atoms with Gasteiger partial charge in [0.1, 0.15) is 11.8 Å². The van der Waals surface area contributed by atoms with Crippen LogP contribution in [0.5, 0.6) is 0 Å². The number of likely N-dealkylation sites (tertiary alicyclic amines) is 1. The third kappa shape index (κ3) is 3.99. The summed E-state index contributed by atoms with van der Waals surface area (Å²) in [5.41, 5.74) is 9.47. The molecular weight excluding hydrogens is 358 g/mol. The lowest BCUT2D eigenvalue weighted by atomic mass is 10.0. The molecular formula is C19H23N7O2. The van der Waals surface area contributed by atoms with Gasteiger partial charge >= 0.3 is 6.09 Å². The van der Waals surface area contributed by atoms with Crippen molar-refractivity contribution in [2.45, 2.75) is 25.4 Å². The molecule has 0 aliphatic carbocycles. The summed E-state index contributed by atoms with van der Waals surface area (Å²) in [6, 6.07) is 9.62. The molecule has 28 heavy (non-hydrogen) atoms. The summed E-state index contributed by atoms with van der Waals surface area (Å²) in [5, 5.41) is 19.1. The minimum atomic E-state index is -0.953. The zero-order valence-corrected chi connectivity index (χ0v) is 15.4. The van der Waals surface area contributed by atoms with Crippen LogP contribution in [0, 0.1) is 0 Å². The predicted octanol–water partition coefficient (Wildman–Crippen LogP) is 2.29. The Morgan fingerprint density at radius 2 is 2.11 bits per heavy atom. The molecule has 0 unspecified atom stereocenters. The summed E-state index contributed by atoms with van der Waals surface area (Å²) in [6.07, 6.45) is 4.11. The van der Waals surface area contributed by atoms with Crippen molar-refractivity contribution in [1.82, 2.24) is 24.8 Å². The number of nitrogens with two attached hydrogens (primary N) is 1. The summed E-state index contributed by atoms with van der Waals surface area (Å²) >= 11 is 0. The van der Waals surface area contributed by atoms with Crippen LogP contribution >= 0.6 is 0 Å².